The molecule has 0 saturated carbocycles. The molecule has 1 aromatic rings. The minimum absolute atomic E-state index is 0.452. The Hall–Kier alpha value is -1.02. The highest BCUT2D eigenvalue weighted by atomic mass is 79.9. The predicted molar refractivity (Wildman–Crippen MR) is 67.6 cm³/mol. The van der Waals surface area contributed by atoms with Gasteiger partial charge in [0.1, 0.15) is 0 Å². The molecule has 1 aromatic carbocycles. The van der Waals surface area contributed by atoms with Crippen LogP contribution >= 0.6 is 15.9 Å². The molecule has 0 aromatic heterocycles. The molecule has 0 radical (unpaired) electrons. The number of nitrogens with one attached hydrogen (secondary N) is 1. The molecule has 100 valence electrons. The summed E-state index contributed by atoms with van der Waals surface area (Å²) in [7, 11) is -3.24. The number of hydrogen-bond donors (Lipinski definition) is 1. The van der Waals surface area contributed by atoms with Crippen LogP contribution in [0.15, 0.2) is 28.7 Å². The number of carbonyl (C=O) groups is 1. The lowest BCUT2D eigenvalue weighted by atomic mass is 10.2. The molecule has 0 aliphatic rings. The molecule has 1 N–H and O–H groups in total. The first-order valence-electron chi connectivity index (χ1n) is 4.58. The van der Waals surface area contributed by atoms with Gasteiger partial charge in [-0.3, -0.25) is 9.52 Å². The maximum absolute atomic E-state index is 12.0. The number of rotatable bonds is 2. The molecule has 1 atom stereocenters. The minimum Gasteiger partial charge on any atom is -0.275 e. The Balaban J connectivity index is 2.97. The van der Waals surface area contributed by atoms with Crippen LogP contribution in [0.5, 0.6) is 0 Å². The smallest absolute Gasteiger partial charge is 0.275 e. The third kappa shape index (κ3) is 4.69. The summed E-state index contributed by atoms with van der Waals surface area (Å²) >= 11 is 3.19. The molecule has 18 heavy (non-hydrogen) atoms. The largest absolute Gasteiger partial charge is 0.472 e. The second-order valence-corrected chi connectivity index (χ2v) is 6.67. The fourth-order valence-electron chi connectivity index (χ4n) is 1.07. The molecule has 0 aliphatic heterocycles. The first-order chi connectivity index (χ1) is 8.10. The molecule has 0 spiro atoms. The summed E-state index contributed by atoms with van der Waals surface area (Å²) in [5, 5.41) is 1.09. The van der Waals surface area contributed by atoms with E-state index in [2.05, 4.69) is 15.9 Å². The van der Waals surface area contributed by atoms with Gasteiger partial charge in [0.05, 0.1) is 9.71 Å². The zero-order chi connectivity index (χ0) is 14.0. The lowest BCUT2D eigenvalue weighted by molar-refractivity contribution is -0.171. The quantitative estimate of drug-likeness (QED) is 0.836. The minimum atomic E-state index is -5.05. The number of halogens is 4. The van der Waals surface area contributed by atoms with Gasteiger partial charge in [0.2, 0.25) is 0 Å². The van der Waals surface area contributed by atoms with Crippen molar-refractivity contribution < 1.29 is 22.2 Å². The monoisotopic (exact) mass is 343 g/mol. The van der Waals surface area contributed by atoms with Crippen molar-refractivity contribution in [1.29, 1.82) is 0 Å². The maximum Gasteiger partial charge on any atom is 0.472 e. The lowest BCUT2D eigenvalue weighted by Crippen LogP contribution is -2.40. The molecule has 1 rings (SSSR count). The average molecular weight is 344 g/mol. The predicted octanol–water partition coefficient (Wildman–Crippen LogP) is 2.11. The highest BCUT2D eigenvalue weighted by molar-refractivity contribution is 9.10. The maximum atomic E-state index is 12.0. The average Bonchev–Trinajstić information content (AvgIpc) is 2.19. The zero-order valence-corrected chi connectivity index (χ0v) is 11.5. The first kappa shape index (κ1) is 15.0. The van der Waals surface area contributed by atoms with E-state index in [-0.39, 0.29) is 0 Å². The molecule has 0 heterocycles. The lowest BCUT2D eigenvalue weighted by Gasteiger charge is -2.10. The van der Waals surface area contributed by atoms with Crippen molar-refractivity contribution >= 4 is 36.9 Å². The molecule has 0 aliphatic carbocycles. The van der Waals surface area contributed by atoms with E-state index < -0.39 is 21.8 Å². The van der Waals surface area contributed by atoms with E-state index in [0.29, 0.717) is 5.56 Å². The normalized spacial score (nSPS) is 14.7. The van der Waals surface area contributed by atoms with Crippen molar-refractivity contribution in [1.82, 2.24) is 4.72 Å². The van der Waals surface area contributed by atoms with E-state index in [1.165, 1.54) is 4.72 Å². The van der Waals surface area contributed by atoms with Crippen molar-refractivity contribution in [3.63, 3.8) is 0 Å². The zero-order valence-electron chi connectivity index (χ0n) is 9.12. The fraction of sp³-hybridized carbons (Fsp3) is 0.200. The Labute approximate surface area is 111 Å². The highest BCUT2D eigenvalue weighted by Gasteiger charge is 2.39. The van der Waals surface area contributed by atoms with Crippen LogP contribution in [-0.4, -0.2) is 27.9 Å². The van der Waals surface area contributed by atoms with Crippen LogP contribution in [0.2, 0.25) is 0 Å². The second-order valence-electron chi connectivity index (χ2n) is 3.50. The number of amides is 1. The highest BCUT2D eigenvalue weighted by Crippen LogP contribution is 2.14. The van der Waals surface area contributed by atoms with Crippen LogP contribution < -0.4 is 4.72 Å². The Kier molecular flexibility index (Phi) is 4.44. The second kappa shape index (κ2) is 5.31. The van der Waals surface area contributed by atoms with Gasteiger partial charge in [-0.25, -0.2) is 4.21 Å². The van der Waals surface area contributed by atoms with Gasteiger partial charge >= 0.3 is 12.1 Å². The van der Waals surface area contributed by atoms with Crippen molar-refractivity contribution in [2.45, 2.75) is 6.18 Å². The van der Waals surface area contributed by atoms with Crippen molar-refractivity contribution in [3.05, 3.63) is 34.3 Å². The molecule has 1 amide bonds. The van der Waals surface area contributed by atoms with Crippen LogP contribution in [-0.2, 0) is 14.5 Å². The molecule has 0 saturated heterocycles. The number of carbonyl (C=O) groups excluding carboxylic acids is 1. The summed E-state index contributed by atoms with van der Waals surface area (Å²) in [6.45, 7) is 0. The van der Waals surface area contributed by atoms with E-state index in [4.69, 9.17) is 0 Å². The van der Waals surface area contributed by atoms with Crippen LogP contribution in [0.1, 0.15) is 5.56 Å². The van der Waals surface area contributed by atoms with E-state index in [9.17, 15) is 22.2 Å². The van der Waals surface area contributed by atoms with Crippen molar-refractivity contribution in [3.8, 4) is 0 Å². The molecule has 0 bridgehead atoms. The van der Waals surface area contributed by atoms with E-state index in [0.717, 1.165) is 16.1 Å². The van der Waals surface area contributed by atoms with Gasteiger partial charge in [-0.1, -0.05) is 28.1 Å². The Bertz CT molecular complexity index is 559. The van der Waals surface area contributed by atoms with E-state index >= 15 is 0 Å². The SMILES string of the molecule is CS(=O)(=Cc1ccc(Br)cc1)NC(=O)C(F)(F)F. The summed E-state index contributed by atoms with van der Waals surface area (Å²) in [6, 6.07) is 6.42. The molecular formula is C10H9BrF3NO2S. The van der Waals surface area contributed by atoms with E-state index in [1.54, 1.807) is 24.3 Å². The van der Waals surface area contributed by atoms with Crippen molar-refractivity contribution in [2.75, 3.05) is 6.26 Å². The van der Waals surface area contributed by atoms with Gasteiger partial charge in [0.25, 0.3) is 0 Å². The summed E-state index contributed by atoms with van der Waals surface area (Å²) < 4.78 is 50.1. The number of hydrogen-bond acceptors (Lipinski definition) is 2. The number of benzene rings is 1. The molecule has 3 nitrogen and oxygen atoms in total. The van der Waals surface area contributed by atoms with Gasteiger partial charge in [-0.2, -0.15) is 13.2 Å². The Morgan fingerprint density at radius 1 is 1.33 bits per heavy atom. The van der Waals surface area contributed by atoms with Gasteiger partial charge in [0, 0.05) is 16.1 Å². The summed E-state index contributed by atoms with van der Waals surface area (Å²) in [5.41, 5.74) is 0.452. The standard InChI is InChI=1S/C10H9BrF3NO2S/c1-18(17,15-9(16)10(12,13)14)6-7-2-4-8(11)5-3-7/h2-6H,1H3,(H,15,16,17). The number of alkyl halides is 3. The molecule has 0 fully saturated rings. The van der Waals surface area contributed by atoms with Gasteiger partial charge < -0.3 is 0 Å². The molecule has 1 unspecified atom stereocenters. The third-order valence-electron chi connectivity index (χ3n) is 1.78. The van der Waals surface area contributed by atoms with Crippen molar-refractivity contribution in [2.24, 2.45) is 0 Å². The van der Waals surface area contributed by atoms with Gasteiger partial charge in [0.15, 0.2) is 0 Å². The van der Waals surface area contributed by atoms with E-state index in [1.807, 2.05) is 0 Å². The Morgan fingerprint density at radius 3 is 2.28 bits per heavy atom. The van der Waals surface area contributed by atoms with Crippen LogP contribution in [0, 0.1) is 0 Å². The summed E-state index contributed by atoms with van der Waals surface area (Å²) in [6.07, 6.45) is -4.02. The molecule has 8 heteroatoms. The van der Waals surface area contributed by atoms with Crippen LogP contribution in [0.3, 0.4) is 0 Å². The first-order valence-corrected chi connectivity index (χ1v) is 7.41. The van der Waals surface area contributed by atoms with Gasteiger partial charge in [-0.15, -0.1) is 0 Å². The third-order valence-corrected chi connectivity index (χ3v) is 3.63. The summed E-state index contributed by atoms with van der Waals surface area (Å²) in [4.78, 5) is 10.7. The summed E-state index contributed by atoms with van der Waals surface area (Å²) in [5.74, 6) is -2.22. The Morgan fingerprint density at radius 2 is 1.83 bits per heavy atom. The van der Waals surface area contributed by atoms with Crippen LogP contribution in [0.25, 0.3) is 0 Å². The fourth-order valence-corrected chi connectivity index (χ4v) is 2.56. The molecular weight excluding hydrogens is 335 g/mol. The topological polar surface area (TPSA) is 46.2 Å². The van der Waals surface area contributed by atoms with Gasteiger partial charge in [-0.05, 0) is 17.7 Å². The van der Waals surface area contributed by atoms with Crippen LogP contribution in [0.4, 0.5) is 13.2 Å².